The summed E-state index contributed by atoms with van der Waals surface area (Å²) in [4.78, 5) is 15.3. The number of aromatic nitrogens is 1. The first-order valence-electron chi connectivity index (χ1n) is 14.1. The van der Waals surface area contributed by atoms with E-state index in [4.69, 9.17) is 14.3 Å². The van der Waals surface area contributed by atoms with E-state index < -0.39 is 0 Å². The number of pyridine rings is 1. The number of likely N-dealkylation sites (tertiary alicyclic amines) is 1. The molecule has 218 valence electrons. The van der Waals surface area contributed by atoms with E-state index in [0.29, 0.717) is 31.4 Å². The van der Waals surface area contributed by atoms with Gasteiger partial charge in [0.1, 0.15) is 18.1 Å². The molecular weight excluding hydrogens is 528 g/mol. The number of anilines is 2. The topological polar surface area (TPSA) is 126 Å². The van der Waals surface area contributed by atoms with Gasteiger partial charge in [0.15, 0.2) is 0 Å². The van der Waals surface area contributed by atoms with Gasteiger partial charge in [-0.1, -0.05) is 18.2 Å². The lowest BCUT2D eigenvalue weighted by Gasteiger charge is -2.25. The van der Waals surface area contributed by atoms with Crippen molar-refractivity contribution in [2.45, 2.75) is 39.3 Å². The fourth-order valence-electron chi connectivity index (χ4n) is 5.10. The summed E-state index contributed by atoms with van der Waals surface area (Å²) in [6.07, 6.45) is 8.82. The predicted molar refractivity (Wildman–Crippen MR) is 167 cm³/mol. The van der Waals surface area contributed by atoms with Gasteiger partial charge < -0.3 is 25.8 Å². The molecule has 0 aliphatic carbocycles. The van der Waals surface area contributed by atoms with Crippen molar-refractivity contribution in [1.82, 2.24) is 9.88 Å². The van der Waals surface area contributed by atoms with Crippen LogP contribution in [-0.4, -0.2) is 49.1 Å². The summed E-state index contributed by atoms with van der Waals surface area (Å²) in [5.74, 6) is 1.64. The molecular formula is C33H38N6O3. The van der Waals surface area contributed by atoms with Crippen LogP contribution >= 0.6 is 0 Å². The molecule has 1 saturated heterocycles. The summed E-state index contributed by atoms with van der Waals surface area (Å²) < 4.78 is 12.0. The number of fused-ring (bicyclic) bond motifs is 1. The molecule has 42 heavy (non-hydrogen) atoms. The summed E-state index contributed by atoms with van der Waals surface area (Å²) in [6.45, 7) is 6.58. The van der Waals surface area contributed by atoms with E-state index in [9.17, 15) is 5.26 Å². The minimum atomic E-state index is 0.250. The Morgan fingerprint density at radius 3 is 2.71 bits per heavy atom. The molecule has 5 rings (SSSR count). The van der Waals surface area contributed by atoms with Crippen LogP contribution < -0.4 is 25.8 Å². The van der Waals surface area contributed by atoms with Crippen molar-refractivity contribution >= 4 is 29.6 Å². The van der Waals surface area contributed by atoms with Gasteiger partial charge in [-0.05, 0) is 82.2 Å². The van der Waals surface area contributed by atoms with Gasteiger partial charge in [-0.25, -0.2) is 0 Å². The normalized spacial score (nSPS) is 16.1. The number of ether oxygens (including phenoxy) is 2. The van der Waals surface area contributed by atoms with Gasteiger partial charge in [-0.15, -0.1) is 0 Å². The lowest BCUT2D eigenvalue weighted by Crippen LogP contribution is -2.22. The standard InChI is InChI=1S/C32H35N5O2.CH3NO/c1-4-38-31-18-29-28(17-23(31)10-12-27-9-7-15-37(27)3)32(24(19-33)20-35-29)36-25-11-13-30(22(2)16-25)39-21-26-8-5-6-14-34-26;2-1-3/h5-6,8,10-14,16-18,27,35-36H,4,7,9,15,20-21H2,1-3H3;1H,(H2,2,3)/b12-10+;. The van der Waals surface area contributed by atoms with Crippen LogP contribution in [0.3, 0.4) is 0 Å². The zero-order valence-corrected chi connectivity index (χ0v) is 24.4. The van der Waals surface area contributed by atoms with E-state index in [-0.39, 0.29) is 6.41 Å². The number of hydrogen-bond acceptors (Lipinski definition) is 8. The van der Waals surface area contributed by atoms with Crippen LogP contribution in [0.15, 0.2) is 66.4 Å². The number of nitrogens with zero attached hydrogens (tertiary/aromatic N) is 3. The zero-order chi connectivity index (χ0) is 29.9. The second kappa shape index (κ2) is 14.7. The average molecular weight is 567 g/mol. The summed E-state index contributed by atoms with van der Waals surface area (Å²) in [6, 6.07) is 18.8. The van der Waals surface area contributed by atoms with Crippen LogP contribution in [0.2, 0.25) is 0 Å². The minimum Gasteiger partial charge on any atom is -0.493 e. The first-order chi connectivity index (χ1) is 20.5. The molecule has 0 spiro atoms. The summed E-state index contributed by atoms with van der Waals surface area (Å²) in [5, 5.41) is 16.9. The van der Waals surface area contributed by atoms with Crippen LogP contribution in [0, 0.1) is 18.3 Å². The van der Waals surface area contributed by atoms with Crippen molar-refractivity contribution in [1.29, 1.82) is 5.26 Å². The SMILES string of the molecule is CCOc1cc2c(cc1/C=C/C1CCCN1C)C(Nc1ccc(OCc3ccccn3)c(C)c1)=C(C#N)CN2.NC=O. The number of carbonyl (C=O) groups is 1. The van der Waals surface area contributed by atoms with Gasteiger partial charge in [0, 0.05) is 40.8 Å². The maximum Gasteiger partial charge on any atom is 0.204 e. The molecule has 4 N–H and O–H groups in total. The monoisotopic (exact) mass is 566 g/mol. The molecule has 0 bridgehead atoms. The van der Waals surface area contributed by atoms with Gasteiger partial charge in [-0.3, -0.25) is 14.7 Å². The highest BCUT2D eigenvalue weighted by Gasteiger charge is 2.23. The van der Waals surface area contributed by atoms with Crippen molar-refractivity contribution in [3.63, 3.8) is 0 Å². The van der Waals surface area contributed by atoms with E-state index >= 15 is 0 Å². The summed E-state index contributed by atoms with van der Waals surface area (Å²) >= 11 is 0. The van der Waals surface area contributed by atoms with Gasteiger partial charge >= 0.3 is 0 Å². The fraction of sp³-hybridized carbons (Fsp3) is 0.303. The molecule has 1 fully saturated rings. The number of hydrogen-bond donors (Lipinski definition) is 3. The van der Waals surface area contributed by atoms with E-state index in [0.717, 1.165) is 63.9 Å². The Bertz CT molecular complexity index is 1480. The van der Waals surface area contributed by atoms with E-state index in [2.05, 4.69) is 57.6 Å². The third-order valence-electron chi connectivity index (χ3n) is 7.23. The average Bonchev–Trinajstić information content (AvgIpc) is 3.41. The predicted octanol–water partition coefficient (Wildman–Crippen LogP) is 5.35. The largest absolute Gasteiger partial charge is 0.493 e. The Balaban J connectivity index is 0.00000129. The third-order valence-corrected chi connectivity index (χ3v) is 7.23. The Morgan fingerprint density at radius 1 is 1.21 bits per heavy atom. The van der Waals surface area contributed by atoms with Crippen molar-refractivity contribution in [3.8, 4) is 17.6 Å². The van der Waals surface area contributed by atoms with Crippen molar-refractivity contribution in [3.05, 3.63) is 88.8 Å². The minimum absolute atomic E-state index is 0.250. The number of benzene rings is 2. The number of rotatable bonds is 9. The van der Waals surface area contributed by atoms with Gasteiger partial charge in [-0.2, -0.15) is 5.26 Å². The molecule has 1 aromatic heterocycles. The maximum atomic E-state index is 9.97. The highest BCUT2D eigenvalue weighted by atomic mass is 16.5. The van der Waals surface area contributed by atoms with Crippen LogP contribution in [0.25, 0.3) is 11.8 Å². The van der Waals surface area contributed by atoms with E-state index in [1.165, 1.54) is 6.42 Å². The van der Waals surface area contributed by atoms with E-state index in [1.807, 2.05) is 56.3 Å². The fourth-order valence-corrected chi connectivity index (χ4v) is 5.10. The Labute approximate surface area is 247 Å². The van der Waals surface area contributed by atoms with Gasteiger partial charge in [0.2, 0.25) is 6.41 Å². The van der Waals surface area contributed by atoms with Crippen molar-refractivity contribution in [2.75, 3.05) is 37.4 Å². The van der Waals surface area contributed by atoms with Crippen LogP contribution in [0.4, 0.5) is 11.4 Å². The number of aryl methyl sites for hydroxylation is 1. The van der Waals surface area contributed by atoms with Crippen molar-refractivity contribution < 1.29 is 14.3 Å². The quantitative estimate of drug-likeness (QED) is 0.296. The third kappa shape index (κ3) is 7.47. The molecule has 2 aromatic carbocycles. The number of likely N-dealkylation sites (N-methyl/N-ethyl adjacent to an activating group) is 1. The highest BCUT2D eigenvalue weighted by molar-refractivity contribution is 5.91. The molecule has 1 atom stereocenters. The molecule has 0 radical (unpaired) electrons. The van der Waals surface area contributed by atoms with Crippen LogP contribution in [-0.2, 0) is 11.4 Å². The lowest BCUT2D eigenvalue weighted by molar-refractivity contribution is -0.106. The van der Waals surface area contributed by atoms with Gasteiger partial charge in [0.05, 0.1) is 36.2 Å². The number of carbonyl (C=O) groups excluding carboxylic acids is 1. The van der Waals surface area contributed by atoms with Crippen molar-refractivity contribution in [2.24, 2.45) is 5.73 Å². The first-order valence-corrected chi connectivity index (χ1v) is 14.1. The van der Waals surface area contributed by atoms with E-state index in [1.54, 1.807) is 6.20 Å². The highest BCUT2D eigenvalue weighted by Crippen LogP contribution is 2.38. The first kappa shape index (κ1) is 30.2. The van der Waals surface area contributed by atoms with Gasteiger partial charge in [0.25, 0.3) is 0 Å². The second-order valence-electron chi connectivity index (χ2n) is 10.1. The molecule has 2 aliphatic rings. The van der Waals surface area contributed by atoms with Crippen LogP contribution in [0.5, 0.6) is 11.5 Å². The Kier molecular flexibility index (Phi) is 10.6. The maximum absolute atomic E-state index is 9.97. The van der Waals surface area contributed by atoms with Crippen LogP contribution in [0.1, 0.15) is 42.1 Å². The molecule has 2 aliphatic heterocycles. The smallest absolute Gasteiger partial charge is 0.204 e. The molecule has 9 nitrogen and oxygen atoms in total. The Hall–Kier alpha value is -4.81. The molecule has 1 amide bonds. The molecule has 9 heteroatoms. The number of primary amides is 1. The second-order valence-corrected chi connectivity index (χ2v) is 10.1. The zero-order valence-electron chi connectivity index (χ0n) is 24.4. The molecule has 3 heterocycles. The number of amides is 1. The molecule has 0 saturated carbocycles. The lowest BCUT2D eigenvalue weighted by atomic mass is 9.97. The molecule has 3 aromatic rings. The number of nitrogens with one attached hydrogen (secondary N) is 2. The number of nitriles is 1. The summed E-state index contributed by atoms with van der Waals surface area (Å²) in [7, 11) is 2.17. The molecule has 1 unspecified atom stereocenters. The number of nitrogens with two attached hydrogens (primary N) is 1. The Morgan fingerprint density at radius 2 is 2.05 bits per heavy atom. The summed E-state index contributed by atoms with van der Waals surface area (Å²) in [5.41, 5.74) is 11.3.